The summed E-state index contributed by atoms with van der Waals surface area (Å²) in [5, 5.41) is 9.39. The summed E-state index contributed by atoms with van der Waals surface area (Å²) in [5.41, 5.74) is 0.125. The van der Waals surface area contributed by atoms with Crippen molar-refractivity contribution in [2.24, 2.45) is 0 Å². The standard InChI is InChI=1S/C5H5.C4H10N.C2H5O.CH3.2ClH.H2Si.Zr/c1-2-4-5-3-1;1-4(2,3)5;1-2-3;;;;;/h1-3H,4H2;5H,1-3H3;3H,1-2H2;1H3;2*1H;1H2;/q;-1;;;;;;+1. The number of hydrogen-bond donors (Lipinski definition) is 2. The summed E-state index contributed by atoms with van der Waals surface area (Å²) in [5.74, 6) is 0. The van der Waals surface area contributed by atoms with E-state index in [0.717, 1.165) is 10.5 Å². The van der Waals surface area contributed by atoms with Crippen LogP contribution in [0.2, 0.25) is 8.76 Å². The smallest absolute Gasteiger partial charge is 0.147 e. The first-order valence-electron chi connectivity index (χ1n) is 5.99. The Kier molecular flexibility index (Phi) is 8.54. The van der Waals surface area contributed by atoms with Gasteiger partial charge in [-0.1, -0.05) is 0 Å². The average Bonchev–Trinajstić information content (AvgIpc) is 2.50. The van der Waals surface area contributed by atoms with Crippen LogP contribution in [0.1, 0.15) is 27.2 Å². The van der Waals surface area contributed by atoms with Gasteiger partial charge in [0, 0.05) is 0 Å². The molecule has 2 N–H and O–H groups in total. The van der Waals surface area contributed by atoms with Crippen molar-refractivity contribution in [1.82, 2.24) is 3.26 Å². The van der Waals surface area contributed by atoms with E-state index < -0.39 is 17.7 Å². The van der Waals surface area contributed by atoms with E-state index in [0.29, 0.717) is 6.61 Å². The van der Waals surface area contributed by atoms with E-state index in [1.165, 1.54) is 0 Å². The van der Waals surface area contributed by atoms with E-state index in [2.05, 4.69) is 53.8 Å². The molecule has 1 aliphatic carbocycles. The van der Waals surface area contributed by atoms with Crippen LogP contribution in [-0.4, -0.2) is 24.1 Å². The maximum Gasteiger partial charge on any atom is -0.147 e. The quantitative estimate of drug-likeness (QED) is 0.722. The molecule has 6 heteroatoms. The Hall–Kier alpha value is 1.08. The largest absolute Gasteiger partial charge is 0.147 e. The van der Waals surface area contributed by atoms with Crippen molar-refractivity contribution in [2.45, 2.75) is 41.5 Å². The molecule has 0 aromatic carbocycles. The Morgan fingerprint density at radius 1 is 1.39 bits per heavy atom. The van der Waals surface area contributed by atoms with E-state index in [1.54, 1.807) is 3.28 Å². The number of aliphatic hydroxyl groups is 1. The number of hydrogen-bond acceptors (Lipinski definition) is 2. The van der Waals surface area contributed by atoms with Crippen LogP contribution in [0.5, 0.6) is 0 Å². The first kappa shape index (κ1) is 21.4. The molecule has 108 valence electrons. The van der Waals surface area contributed by atoms with Crippen LogP contribution in [0, 0.1) is 0 Å². The molecule has 0 unspecified atom stereocenters. The number of rotatable bonds is 4. The molecule has 1 aliphatic rings. The Balaban J connectivity index is 0. The maximum atomic E-state index is 9.39. The van der Waals surface area contributed by atoms with Crippen LogP contribution >= 0.6 is 24.8 Å². The van der Waals surface area contributed by atoms with E-state index in [1.807, 2.05) is 0 Å². The first-order chi connectivity index (χ1) is 7.16. The average molecular weight is 392 g/mol. The molecule has 0 heterocycles. The summed E-state index contributed by atoms with van der Waals surface area (Å²) in [6.07, 6.45) is 7.73. The van der Waals surface area contributed by atoms with E-state index in [-0.39, 0.29) is 30.4 Å². The van der Waals surface area contributed by atoms with Gasteiger partial charge in [0.15, 0.2) is 0 Å². The number of aliphatic hydroxyl groups excluding tert-OH is 1. The van der Waals surface area contributed by atoms with Crippen molar-refractivity contribution in [3.05, 3.63) is 21.5 Å². The molecule has 0 amide bonds. The summed E-state index contributed by atoms with van der Waals surface area (Å²) in [4.78, 5) is 0. The summed E-state index contributed by atoms with van der Waals surface area (Å²) >= 11 is -3.08. The molecule has 0 aromatic rings. The van der Waals surface area contributed by atoms with Gasteiger partial charge in [-0.15, -0.1) is 24.8 Å². The van der Waals surface area contributed by atoms with Crippen molar-refractivity contribution in [1.29, 1.82) is 0 Å². The van der Waals surface area contributed by atoms with E-state index in [9.17, 15) is 5.11 Å². The second-order valence-corrected chi connectivity index (χ2v) is 32.5. The normalized spacial score (nSPS) is 15.8. The van der Waals surface area contributed by atoms with Crippen molar-refractivity contribution in [3.8, 4) is 0 Å². The third-order valence-electron chi connectivity index (χ3n) is 3.23. The summed E-state index contributed by atoms with van der Waals surface area (Å²) in [6.45, 7) is 9.12. The van der Waals surface area contributed by atoms with Gasteiger partial charge in [0.25, 0.3) is 0 Å². The van der Waals surface area contributed by atoms with Gasteiger partial charge in [0.2, 0.25) is 0 Å². The van der Waals surface area contributed by atoms with Crippen LogP contribution in [0.4, 0.5) is 0 Å². The molecule has 0 bridgehead atoms. The minimum absolute atomic E-state index is 0. The van der Waals surface area contributed by atoms with Crippen molar-refractivity contribution < 1.29 is 22.8 Å². The molecule has 0 saturated carbocycles. The summed E-state index contributed by atoms with van der Waals surface area (Å²) in [6, 6.07) is 0. The zero-order chi connectivity index (χ0) is 12.5. The van der Waals surface area contributed by atoms with Gasteiger partial charge in [0.1, 0.15) is 0 Å². The molecular weight excluding hydrogens is 364 g/mol. The van der Waals surface area contributed by atoms with E-state index >= 15 is 0 Å². The van der Waals surface area contributed by atoms with E-state index in [4.69, 9.17) is 0 Å². The predicted molar refractivity (Wildman–Crippen MR) is 85.5 cm³/mol. The molecule has 0 aromatic heterocycles. The predicted octanol–water partition coefficient (Wildman–Crippen LogP) is 2.67. The van der Waals surface area contributed by atoms with Gasteiger partial charge in [-0.25, -0.2) is 0 Å². The van der Waals surface area contributed by atoms with Gasteiger partial charge < -0.3 is 0 Å². The molecule has 1 rings (SSSR count). The van der Waals surface area contributed by atoms with Gasteiger partial charge in [-0.05, 0) is 0 Å². The third kappa shape index (κ3) is 5.60. The summed E-state index contributed by atoms with van der Waals surface area (Å²) < 4.78 is 8.84. The Morgan fingerprint density at radius 2 is 1.94 bits per heavy atom. The zero-order valence-electron chi connectivity index (χ0n) is 11.8. The molecule has 0 radical (unpaired) electrons. The Bertz CT molecular complexity index is 401. The van der Waals surface area contributed by atoms with Gasteiger partial charge in [0.05, 0.1) is 0 Å². The van der Waals surface area contributed by atoms with Crippen LogP contribution in [-0.2, 0) is 17.7 Å². The molecule has 0 fully saturated rings. The maximum absolute atomic E-state index is 9.39. The fourth-order valence-electron chi connectivity index (χ4n) is 2.69. The monoisotopic (exact) mass is 389 g/mol. The molecule has 2 nitrogen and oxygen atoms in total. The SMILES string of the molecule is CC(C)(C)[NH][Zr]([CH3])(=[SiH2])([CH2]CO)[C]1=CC=CC1.Cl.Cl. The first-order valence-corrected chi connectivity index (χ1v) is 18.6. The summed E-state index contributed by atoms with van der Waals surface area (Å²) in [7, 11) is 0. The number of allylic oxidation sites excluding steroid dienone is 4. The van der Waals surface area contributed by atoms with Gasteiger partial charge in [-0.3, -0.25) is 0 Å². The van der Waals surface area contributed by atoms with Crippen molar-refractivity contribution in [2.75, 3.05) is 6.61 Å². The van der Waals surface area contributed by atoms with Crippen molar-refractivity contribution >= 4 is 31.7 Å². The molecule has 0 spiro atoms. The van der Waals surface area contributed by atoms with Gasteiger partial charge >= 0.3 is 103 Å². The fourth-order valence-corrected chi connectivity index (χ4v) is 19.8. The number of halogens is 2. The topological polar surface area (TPSA) is 32.3 Å². The van der Waals surface area contributed by atoms with Crippen molar-refractivity contribution in [3.63, 3.8) is 0 Å². The Morgan fingerprint density at radius 3 is 2.28 bits per heavy atom. The third-order valence-corrected chi connectivity index (χ3v) is 22.1. The van der Waals surface area contributed by atoms with Crippen LogP contribution in [0.3, 0.4) is 0 Å². The molecule has 18 heavy (non-hydrogen) atoms. The Labute approximate surface area is 126 Å². The second kappa shape index (κ2) is 7.19. The number of nitrogens with one attached hydrogen (secondary N) is 1. The zero-order valence-corrected chi connectivity index (χ0v) is 17.3. The van der Waals surface area contributed by atoms with Crippen LogP contribution in [0.15, 0.2) is 21.5 Å². The second-order valence-electron chi connectivity index (χ2n) is 6.46. The fraction of sp³-hybridized carbons (Fsp3) is 0.667. The minimum Gasteiger partial charge on any atom is -0.147 e. The van der Waals surface area contributed by atoms with Crippen LogP contribution in [0.25, 0.3) is 0 Å². The minimum atomic E-state index is -3.08. The molecule has 0 aliphatic heterocycles. The molecule has 0 atom stereocenters. The van der Waals surface area contributed by atoms with Crippen LogP contribution < -0.4 is 3.26 Å². The van der Waals surface area contributed by atoms with Gasteiger partial charge in [-0.2, -0.15) is 0 Å². The molecule has 0 saturated heterocycles. The molecular formula is C12H27Cl2NOSiZr.